The van der Waals surface area contributed by atoms with Crippen molar-refractivity contribution in [2.24, 2.45) is 5.16 Å². The highest BCUT2D eigenvalue weighted by molar-refractivity contribution is 5.90. The Kier molecular flexibility index (Phi) is 6.72. The van der Waals surface area contributed by atoms with Crippen LogP contribution in [0.3, 0.4) is 0 Å². The molecule has 0 bridgehead atoms. The van der Waals surface area contributed by atoms with Gasteiger partial charge in [-0.1, -0.05) is 23.4 Å². The van der Waals surface area contributed by atoms with Crippen LogP contribution in [0.5, 0.6) is 0 Å². The molecule has 34 heavy (non-hydrogen) atoms. The first-order valence-corrected chi connectivity index (χ1v) is 10.1. The fourth-order valence-electron chi connectivity index (χ4n) is 3.09. The summed E-state index contributed by atoms with van der Waals surface area (Å²) in [7, 11) is 0. The number of halogens is 3. The van der Waals surface area contributed by atoms with Crippen LogP contribution in [0, 0.1) is 0 Å². The molecule has 0 fully saturated rings. The second-order valence-corrected chi connectivity index (χ2v) is 7.16. The third kappa shape index (κ3) is 6.09. The quantitative estimate of drug-likeness (QED) is 0.306. The number of nitrogens with one attached hydrogen (secondary N) is 2. The molecule has 0 radical (unpaired) electrons. The van der Waals surface area contributed by atoms with E-state index < -0.39 is 18.8 Å². The van der Waals surface area contributed by atoms with Gasteiger partial charge in [0.25, 0.3) is 0 Å². The van der Waals surface area contributed by atoms with Gasteiger partial charge in [-0.3, -0.25) is 9.38 Å². The Hall–Kier alpha value is -4.41. The number of aromatic nitrogens is 3. The lowest BCUT2D eigenvalue weighted by atomic mass is 10.1. The first kappa shape index (κ1) is 22.8. The Morgan fingerprint density at radius 2 is 2.00 bits per heavy atom. The van der Waals surface area contributed by atoms with E-state index in [2.05, 4.69) is 20.4 Å². The molecule has 3 aromatic heterocycles. The normalized spacial score (nSPS) is 11.6. The lowest BCUT2D eigenvalue weighted by Gasteiger charge is -2.10. The van der Waals surface area contributed by atoms with Gasteiger partial charge >= 0.3 is 12.2 Å². The van der Waals surface area contributed by atoms with E-state index in [-0.39, 0.29) is 6.61 Å². The van der Waals surface area contributed by atoms with Crippen molar-refractivity contribution in [3.63, 3.8) is 0 Å². The molecule has 11 heteroatoms. The van der Waals surface area contributed by atoms with Gasteiger partial charge in [-0.05, 0) is 36.4 Å². The molecule has 0 aliphatic rings. The summed E-state index contributed by atoms with van der Waals surface area (Å²) in [6.45, 7) is -1.16. The topological polar surface area (TPSA) is 92.9 Å². The van der Waals surface area contributed by atoms with Gasteiger partial charge in [0.2, 0.25) is 0 Å². The fraction of sp³-hybridized carbons (Fsp3) is 0.130. The van der Waals surface area contributed by atoms with Crippen molar-refractivity contribution in [2.45, 2.75) is 12.8 Å². The molecule has 0 spiro atoms. The Balaban J connectivity index is 1.43. The third-order valence-corrected chi connectivity index (χ3v) is 4.62. The molecule has 174 valence electrons. The van der Waals surface area contributed by atoms with Crippen molar-refractivity contribution in [1.29, 1.82) is 0 Å². The van der Waals surface area contributed by atoms with E-state index in [1.165, 1.54) is 0 Å². The van der Waals surface area contributed by atoms with Gasteiger partial charge in [-0.2, -0.15) is 13.2 Å². The number of fused-ring (bicyclic) bond motifs is 1. The largest absolute Gasteiger partial charge is 0.405 e. The van der Waals surface area contributed by atoms with E-state index in [9.17, 15) is 18.0 Å². The van der Waals surface area contributed by atoms with Crippen LogP contribution in [0.25, 0.3) is 16.9 Å². The van der Waals surface area contributed by atoms with Crippen LogP contribution in [0.15, 0.2) is 78.3 Å². The van der Waals surface area contributed by atoms with Gasteiger partial charge < -0.3 is 15.5 Å². The highest BCUT2D eigenvalue weighted by atomic mass is 19.4. The summed E-state index contributed by atoms with van der Waals surface area (Å²) in [5, 5.41) is 8.13. The molecule has 2 N–H and O–H groups in total. The predicted molar refractivity (Wildman–Crippen MR) is 120 cm³/mol. The summed E-state index contributed by atoms with van der Waals surface area (Å²) >= 11 is 0. The predicted octanol–water partition coefficient (Wildman–Crippen LogP) is 4.63. The summed E-state index contributed by atoms with van der Waals surface area (Å²) in [6.07, 6.45) is 2.25. The molecule has 0 saturated carbocycles. The number of urea groups is 1. The number of amides is 2. The van der Waals surface area contributed by atoms with Crippen molar-refractivity contribution in [2.75, 3.05) is 11.9 Å². The van der Waals surface area contributed by atoms with E-state index >= 15 is 0 Å². The zero-order valence-electron chi connectivity index (χ0n) is 17.7. The molecule has 4 rings (SSSR count). The Morgan fingerprint density at radius 3 is 2.79 bits per heavy atom. The van der Waals surface area contributed by atoms with Crippen LogP contribution in [0.4, 0.5) is 23.7 Å². The maximum absolute atomic E-state index is 12.3. The molecule has 0 saturated heterocycles. The SMILES string of the molecule is O=C(NCC(F)(F)F)Nc1cccc(-c2cnc3cc(/C=N/OCc4ccccn4)ccn23)c1. The number of carbonyl (C=O) groups excluding carboxylic acids is 1. The molecular weight excluding hydrogens is 449 g/mol. The first-order chi connectivity index (χ1) is 16.4. The fourth-order valence-corrected chi connectivity index (χ4v) is 3.09. The third-order valence-electron chi connectivity index (χ3n) is 4.62. The number of hydrogen-bond acceptors (Lipinski definition) is 5. The second kappa shape index (κ2) is 10.0. The number of anilines is 1. The van der Waals surface area contributed by atoms with Gasteiger partial charge in [-0.25, -0.2) is 9.78 Å². The van der Waals surface area contributed by atoms with E-state index in [0.29, 0.717) is 11.3 Å². The van der Waals surface area contributed by atoms with Crippen molar-refractivity contribution in [1.82, 2.24) is 19.7 Å². The van der Waals surface area contributed by atoms with Crippen molar-refractivity contribution in [3.8, 4) is 11.3 Å². The van der Waals surface area contributed by atoms with Crippen LogP contribution in [-0.4, -0.2) is 39.3 Å². The average Bonchev–Trinajstić information content (AvgIpc) is 3.24. The maximum atomic E-state index is 12.3. The zero-order valence-corrected chi connectivity index (χ0v) is 17.7. The van der Waals surface area contributed by atoms with Gasteiger partial charge in [0.1, 0.15) is 12.2 Å². The number of imidazole rings is 1. The number of hydrogen-bond donors (Lipinski definition) is 2. The molecule has 0 unspecified atom stereocenters. The van der Waals surface area contributed by atoms with Gasteiger partial charge in [0.15, 0.2) is 6.61 Å². The van der Waals surface area contributed by atoms with E-state index in [0.717, 1.165) is 22.5 Å². The lowest BCUT2D eigenvalue weighted by Crippen LogP contribution is -2.36. The summed E-state index contributed by atoms with van der Waals surface area (Å²) in [5.41, 5.74) is 4.02. The molecule has 8 nitrogen and oxygen atoms in total. The van der Waals surface area contributed by atoms with Crippen LogP contribution in [-0.2, 0) is 11.4 Å². The zero-order chi connectivity index (χ0) is 24.0. The minimum absolute atomic E-state index is 0.256. The lowest BCUT2D eigenvalue weighted by molar-refractivity contribution is -0.122. The van der Waals surface area contributed by atoms with Crippen molar-refractivity contribution in [3.05, 3.63) is 84.4 Å². The summed E-state index contributed by atoms with van der Waals surface area (Å²) in [5.74, 6) is 0. The highest BCUT2D eigenvalue weighted by Crippen LogP contribution is 2.24. The average molecular weight is 468 g/mol. The number of carbonyl (C=O) groups is 1. The van der Waals surface area contributed by atoms with E-state index in [1.54, 1.807) is 42.1 Å². The second-order valence-electron chi connectivity index (χ2n) is 7.16. The minimum atomic E-state index is -4.48. The number of oxime groups is 1. The van der Waals surface area contributed by atoms with Crippen molar-refractivity contribution >= 4 is 23.6 Å². The first-order valence-electron chi connectivity index (χ1n) is 10.1. The smallest absolute Gasteiger partial charge is 0.389 e. The molecule has 0 atom stereocenters. The molecule has 1 aromatic carbocycles. The summed E-state index contributed by atoms with van der Waals surface area (Å²) in [6, 6.07) is 15.0. The highest BCUT2D eigenvalue weighted by Gasteiger charge is 2.27. The monoisotopic (exact) mass is 468 g/mol. The van der Waals surface area contributed by atoms with Gasteiger partial charge in [-0.15, -0.1) is 0 Å². The van der Waals surface area contributed by atoms with E-state index in [4.69, 9.17) is 4.84 Å². The molecule has 4 aromatic rings. The molecule has 0 aliphatic carbocycles. The van der Waals surface area contributed by atoms with E-state index in [1.807, 2.05) is 47.0 Å². The standard InChI is InChI=1S/C23H19F3N6O2/c24-23(25,26)15-29-22(33)31-18-6-3-4-17(11-18)20-13-28-21-10-16(7-9-32(20)21)12-30-34-14-19-5-1-2-8-27-19/h1-13H,14-15H2,(H2,29,31,33)/b30-12+. The number of nitrogens with zero attached hydrogens (tertiary/aromatic N) is 4. The van der Waals surface area contributed by atoms with Crippen LogP contribution >= 0.6 is 0 Å². The van der Waals surface area contributed by atoms with Gasteiger partial charge in [0, 0.05) is 29.2 Å². The van der Waals surface area contributed by atoms with Crippen LogP contribution in [0.2, 0.25) is 0 Å². The number of pyridine rings is 2. The Morgan fingerprint density at radius 1 is 1.12 bits per heavy atom. The van der Waals surface area contributed by atoms with Gasteiger partial charge in [0.05, 0.1) is 23.8 Å². The number of rotatable bonds is 7. The van der Waals surface area contributed by atoms with Crippen molar-refractivity contribution < 1.29 is 22.8 Å². The molecule has 2 amide bonds. The number of alkyl halides is 3. The summed E-state index contributed by atoms with van der Waals surface area (Å²) < 4.78 is 38.6. The molecular formula is C23H19F3N6O2. The maximum Gasteiger partial charge on any atom is 0.405 e. The summed E-state index contributed by atoms with van der Waals surface area (Å²) in [4.78, 5) is 25.6. The minimum Gasteiger partial charge on any atom is -0.389 e. The molecule has 3 heterocycles. The van der Waals surface area contributed by atoms with Crippen LogP contribution < -0.4 is 10.6 Å². The Labute approximate surface area is 192 Å². The molecule has 0 aliphatic heterocycles. The van der Waals surface area contributed by atoms with Crippen LogP contribution in [0.1, 0.15) is 11.3 Å². The number of benzene rings is 1. The Bertz CT molecular complexity index is 1310.